The molecule has 28 heteroatoms. The number of carbonyl (C=O) groups excluding carboxylic acids is 8. The molecule has 2 fully saturated rings. The molecule has 452 valence electrons. The molecule has 2 aliphatic rings. The van der Waals surface area contributed by atoms with Crippen LogP contribution in [0.1, 0.15) is 85.6 Å². The van der Waals surface area contributed by atoms with Gasteiger partial charge < -0.3 is 53.6 Å². The molecule has 0 bridgehead atoms. The number of aromatic hydroxyl groups is 1. The van der Waals surface area contributed by atoms with Gasteiger partial charge in [-0.1, -0.05) is 85.6 Å². The molecular formula is C56H67Cl2N9O17. The van der Waals surface area contributed by atoms with Crippen LogP contribution in [0.25, 0.3) is 22.5 Å². The molecule has 0 unspecified atom stereocenters. The van der Waals surface area contributed by atoms with Crippen molar-refractivity contribution in [2.75, 3.05) is 20.3 Å². The molecular weight excluding hydrogens is 1140 g/mol. The molecule has 5 aromatic rings. The van der Waals surface area contributed by atoms with E-state index in [1.807, 2.05) is 12.1 Å². The van der Waals surface area contributed by atoms with Gasteiger partial charge in [-0.15, -0.1) is 10.2 Å². The first-order valence-corrected chi connectivity index (χ1v) is 27.5. The van der Waals surface area contributed by atoms with Crippen molar-refractivity contribution in [2.24, 2.45) is 23.7 Å². The third-order valence-electron chi connectivity index (χ3n) is 12.7. The van der Waals surface area contributed by atoms with E-state index in [9.17, 15) is 43.5 Å². The normalized spacial score (nSPS) is 21.2. The fourth-order valence-electron chi connectivity index (χ4n) is 8.29. The summed E-state index contributed by atoms with van der Waals surface area (Å²) < 4.78 is 46.6. The number of pyridine rings is 1. The van der Waals surface area contributed by atoms with Gasteiger partial charge in [-0.25, -0.2) is 19.4 Å². The van der Waals surface area contributed by atoms with E-state index in [1.54, 1.807) is 102 Å². The van der Waals surface area contributed by atoms with Crippen LogP contribution in [0.15, 0.2) is 73.2 Å². The number of aromatic nitrogens is 7. The molecule has 2 saturated heterocycles. The predicted octanol–water partition coefficient (Wildman–Crippen LogP) is 6.12. The molecule has 0 saturated carbocycles. The molecule has 3 aromatic heterocycles. The van der Waals surface area contributed by atoms with Crippen LogP contribution in [-0.2, 0) is 75.0 Å². The van der Waals surface area contributed by atoms with Gasteiger partial charge in [0.2, 0.25) is 0 Å². The van der Waals surface area contributed by atoms with Gasteiger partial charge in [0.1, 0.15) is 42.4 Å². The van der Waals surface area contributed by atoms with Crippen LogP contribution >= 0.6 is 23.2 Å². The van der Waals surface area contributed by atoms with Crippen LogP contribution in [0.3, 0.4) is 0 Å². The van der Waals surface area contributed by atoms with Crippen molar-refractivity contribution >= 4 is 71.0 Å². The summed E-state index contributed by atoms with van der Waals surface area (Å²) in [6, 6.07) is 12.8. The summed E-state index contributed by atoms with van der Waals surface area (Å²) >= 11 is 12.2. The lowest BCUT2D eigenvalue weighted by Crippen LogP contribution is -2.48. The number of cyclic esters (lactones) is 4. The molecule has 5 heterocycles. The van der Waals surface area contributed by atoms with E-state index < -0.39 is 138 Å². The second kappa shape index (κ2) is 29.2. The third kappa shape index (κ3) is 18.1. The number of esters is 6. The number of amides is 2. The van der Waals surface area contributed by atoms with Gasteiger partial charge in [-0.2, -0.15) is 0 Å². The second-order valence-electron chi connectivity index (χ2n) is 21.1. The first-order chi connectivity index (χ1) is 39.7. The fraction of sp³-hybridized carbons (Fsp3) is 0.482. The van der Waals surface area contributed by atoms with E-state index in [4.69, 9.17) is 61.1 Å². The van der Waals surface area contributed by atoms with Crippen LogP contribution in [-0.4, -0.2) is 150 Å². The Morgan fingerprint density at radius 3 is 1.57 bits per heavy atom. The monoisotopic (exact) mass is 1210 g/mol. The zero-order valence-corrected chi connectivity index (χ0v) is 49.3. The molecule has 7 rings (SSSR count). The number of alkyl carbamates (subject to hydrolysis) is 1. The molecule has 2 aromatic carbocycles. The van der Waals surface area contributed by atoms with Crippen molar-refractivity contribution in [3.8, 4) is 34.0 Å². The van der Waals surface area contributed by atoms with E-state index in [1.165, 1.54) is 37.9 Å². The number of aryl methyl sites for hydroxylation is 2. The Kier molecular flexibility index (Phi) is 22.5. The van der Waals surface area contributed by atoms with Crippen LogP contribution in [0, 0.1) is 23.7 Å². The third-order valence-corrected chi connectivity index (χ3v) is 13.2. The zero-order chi connectivity index (χ0) is 61.6. The maximum absolute atomic E-state index is 13.4. The number of rotatable bonds is 16. The molecule has 0 aliphatic carbocycles. The Morgan fingerprint density at radius 2 is 1.15 bits per heavy atom. The standard InChI is InChI=1S/C29H32ClN5O9.C27H35ClN4O8/c1-15(2)27(38)44-25-16(3)43-29(40)21(32-26(37)23-24(36)22(41-4)8-10-31-23)14-42-28(39)19(25)9-11-35-13-20(33-34-35)17-6-5-7-18(30)12-17;1-15(2)23(33)39-22-16(3)38-25(35)21(29-26(36)40-27(4,5)6)14-37-24(34)19(22)10-11-32-13-20(30-31-32)17-8-7-9-18(28)12-17/h5-8,10,12-13,15-16,19,21,25,36H,9,11,14H2,1-4H3,(H,32,37);7-9,12-13,15-16,19,21-22H,10-11,14H2,1-6H3,(H,29,36)/t16-,19+,21-,25-;16-,19+,21-,22-/m00/s1. The number of hydrogen-bond donors (Lipinski definition) is 3. The van der Waals surface area contributed by atoms with Crippen molar-refractivity contribution in [1.82, 2.24) is 45.6 Å². The average molecular weight is 1210 g/mol. The number of methoxy groups -OCH3 is 1. The second-order valence-corrected chi connectivity index (χ2v) is 22.0. The SMILES string of the molecule is CC(C)C(=O)O[C@H]1[C@H](C)OC(=O)[C@@H](NC(=O)OC(C)(C)C)COC(=O)[C@@H]1CCn1cc(-c2cccc(Cl)c2)nn1.COc1ccnc(C(=O)N[C@H]2COC(=O)[C@H](CCn3cc(-c4cccc(Cl)c4)nn3)[C@@H](OC(=O)C(C)C)[C@H](C)OC2=O)c1O. The zero-order valence-electron chi connectivity index (χ0n) is 47.8. The van der Waals surface area contributed by atoms with Gasteiger partial charge in [0.15, 0.2) is 41.5 Å². The Balaban J connectivity index is 0.000000271. The largest absolute Gasteiger partial charge is 0.503 e. The van der Waals surface area contributed by atoms with Gasteiger partial charge in [0, 0.05) is 46.5 Å². The molecule has 2 aliphatic heterocycles. The maximum Gasteiger partial charge on any atom is 0.408 e. The van der Waals surface area contributed by atoms with Gasteiger partial charge in [0.05, 0.1) is 43.2 Å². The number of hydrogen-bond acceptors (Lipinski definition) is 22. The highest BCUT2D eigenvalue weighted by Gasteiger charge is 2.44. The molecule has 2 amide bonds. The Bertz CT molecular complexity index is 3160. The van der Waals surface area contributed by atoms with Gasteiger partial charge in [0.25, 0.3) is 5.91 Å². The molecule has 0 radical (unpaired) electrons. The molecule has 84 heavy (non-hydrogen) atoms. The summed E-state index contributed by atoms with van der Waals surface area (Å²) in [5, 5.41) is 32.7. The Labute approximate surface area is 493 Å². The molecule has 26 nitrogen and oxygen atoms in total. The molecule has 8 atom stereocenters. The van der Waals surface area contributed by atoms with Crippen molar-refractivity contribution < 1.29 is 81.4 Å². The van der Waals surface area contributed by atoms with Crippen molar-refractivity contribution in [3.05, 3.63) is 88.9 Å². The summed E-state index contributed by atoms with van der Waals surface area (Å²) in [6.45, 7) is 13.8. The summed E-state index contributed by atoms with van der Waals surface area (Å²) in [7, 11) is 1.30. The minimum absolute atomic E-state index is 0.00744. The van der Waals surface area contributed by atoms with Gasteiger partial charge >= 0.3 is 41.9 Å². The number of ether oxygens (including phenoxy) is 8. The predicted molar refractivity (Wildman–Crippen MR) is 296 cm³/mol. The lowest BCUT2D eigenvalue weighted by molar-refractivity contribution is -0.177. The van der Waals surface area contributed by atoms with E-state index in [0.29, 0.717) is 21.4 Å². The highest BCUT2D eigenvalue weighted by molar-refractivity contribution is 6.31. The molecule has 3 N–H and O–H groups in total. The van der Waals surface area contributed by atoms with Crippen LogP contribution in [0.2, 0.25) is 10.0 Å². The summed E-state index contributed by atoms with van der Waals surface area (Å²) in [5.41, 5.74) is 1.44. The summed E-state index contributed by atoms with van der Waals surface area (Å²) in [5.74, 6) is -9.10. The first kappa shape index (κ1) is 64.8. The summed E-state index contributed by atoms with van der Waals surface area (Å²) in [6.07, 6.45) is -0.566. The smallest absolute Gasteiger partial charge is 0.408 e. The topological polar surface area (TPSA) is 329 Å². The number of carbonyl (C=O) groups is 8. The van der Waals surface area contributed by atoms with E-state index in [0.717, 1.165) is 11.1 Å². The summed E-state index contributed by atoms with van der Waals surface area (Å²) in [4.78, 5) is 107. The van der Waals surface area contributed by atoms with E-state index >= 15 is 0 Å². The van der Waals surface area contributed by atoms with Gasteiger partial charge in [-0.05, 0) is 71.7 Å². The van der Waals surface area contributed by atoms with Crippen LogP contribution in [0.5, 0.6) is 11.5 Å². The Hall–Kier alpha value is -8.39. The van der Waals surface area contributed by atoms with E-state index in [-0.39, 0.29) is 31.7 Å². The minimum Gasteiger partial charge on any atom is -0.503 e. The van der Waals surface area contributed by atoms with Crippen molar-refractivity contribution in [3.63, 3.8) is 0 Å². The number of nitrogens with one attached hydrogen (secondary N) is 2. The number of benzene rings is 2. The highest BCUT2D eigenvalue weighted by atomic mass is 35.5. The Morgan fingerprint density at radius 1 is 0.702 bits per heavy atom. The fourth-order valence-corrected chi connectivity index (χ4v) is 8.67. The average Bonchev–Trinajstić information content (AvgIpc) is 4.09. The van der Waals surface area contributed by atoms with E-state index in [2.05, 4.69) is 36.2 Å². The van der Waals surface area contributed by atoms with Crippen molar-refractivity contribution in [1.29, 1.82) is 0 Å². The first-order valence-electron chi connectivity index (χ1n) is 26.7. The minimum atomic E-state index is -1.46. The highest BCUT2D eigenvalue weighted by Crippen LogP contribution is 2.30. The van der Waals surface area contributed by atoms with Crippen LogP contribution in [0.4, 0.5) is 4.79 Å². The quantitative estimate of drug-likeness (QED) is 0.0739. The number of nitrogens with zero attached hydrogens (tertiary/aromatic N) is 7. The van der Waals surface area contributed by atoms with Crippen LogP contribution < -0.4 is 15.4 Å². The number of halogens is 2. The molecule has 0 spiro atoms. The maximum atomic E-state index is 13.4. The lowest BCUT2D eigenvalue weighted by atomic mass is 9.94. The lowest BCUT2D eigenvalue weighted by Gasteiger charge is -2.29. The van der Waals surface area contributed by atoms with Gasteiger partial charge in [-0.3, -0.25) is 33.3 Å². The van der Waals surface area contributed by atoms with Crippen molar-refractivity contribution in [2.45, 2.75) is 130 Å².